The summed E-state index contributed by atoms with van der Waals surface area (Å²) < 4.78 is 26.1. The number of aromatic hydroxyl groups is 1. The summed E-state index contributed by atoms with van der Waals surface area (Å²) in [7, 11) is 0. The van der Waals surface area contributed by atoms with Crippen molar-refractivity contribution in [3.63, 3.8) is 0 Å². The number of alkyl halides is 2. The number of halogens is 2. The molecule has 1 unspecified atom stereocenters. The van der Waals surface area contributed by atoms with Crippen LogP contribution in [0.2, 0.25) is 0 Å². The number of phenolic OH excluding ortho intramolecular Hbond substituents is 1. The molecule has 9 heteroatoms. The molecule has 0 aromatic heterocycles. The fourth-order valence-corrected chi connectivity index (χ4v) is 2.34. The van der Waals surface area contributed by atoms with Gasteiger partial charge in [0.25, 0.3) is 18.2 Å². The Hall–Kier alpha value is -3.92. The Balaban J connectivity index is 2.10. The van der Waals surface area contributed by atoms with Crippen LogP contribution in [0.25, 0.3) is 0 Å². The maximum atomic E-state index is 13.0. The molecule has 2 rings (SSSR count). The second-order valence-electron chi connectivity index (χ2n) is 6.53. The van der Waals surface area contributed by atoms with Crippen molar-refractivity contribution in [1.29, 1.82) is 0 Å². The lowest BCUT2D eigenvalue weighted by Gasteiger charge is -2.30. The topological polar surface area (TPSA) is 119 Å². The Morgan fingerprint density at radius 3 is 1.90 bits per heavy atom. The Kier molecular flexibility index (Phi) is 7.70. The molecule has 0 saturated heterocycles. The van der Waals surface area contributed by atoms with Crippen molar-refractivity contribution in [1.82, 2.24) is 10.8 Å². The average Bonchev–Trinajstić information content (AvgIpc) is 2.75. The molecule has 0 fully saturated rings. The summed E-state index contributed by atoms with van der Waals surface area (Å²) in [5.74, 6) is 8.63. The van der Waals surface area contributed by atoms with Crippen molar-refractivity contribution >= 4 is 11.8 Å². The lowest BCUT2D eigenvalue weighted by atomic mass is 9.95. The molecule has 2 amide bonds. The van der Waals surface area contributed by atoms with Gasteiger partial charge in [0.15, 0.2) is 5.60 Å². The van der Waals surface area contributed by atoms with Gasteiger partial charge in [0, 0.05) is 16.7 Å². The van der Waals surface area contributed by atoms with Crippen LogP contribution in [0.4, 0.5) is 8.78 Å². The smallest absolute Gasteiger partial charge is 0.269 e. The van der Waals surface area contributed by atoms with Crippen LogP contribution in [-0.4, -0.2) is 45.3 Å². The third-order valence-corrected chi connectivity index (χ3v) is 4.16. The summed E-state index contributed by atoms with van der Waals surface area (Å²) in [6, 6.07) is 9.82. The van der Waals surface area contributed by atoms with E-state index >= 15 is 0 Å². The lowest BCUT2D eigenvalue weighted by Crippen LogP contribution is -2.61. The highest BCUT2D eigenvalue weighted by Crippen LogP contribution is 2.20. The van der Waals surface area contributed by atoms with Crippen molar-refractivity contribution in [3.8, 4) is 29.4 Å². The lowest BCUT2D eigenvalue weighted by molar-refractivity contribution is -0.149. The molecule has 0 aliphatic carbocycles. The summed E-state index contributed by atoms with van der Waals surface area (Å²) in [6.07, 6.45) is -3.37. The highest BCUT2D eigenvalue weighted by molar-refractivity contribution is 5.97. The van der Waals surface area contributed by atoms with Crippen LogP contribution in [0, 0.1) is 23.7 Å². The zero-order valence-corrected chi connectivity index (χ0v) is 16.2. The molecule has 0 bridgehead atoms. The predicted molar refractivity (Wildman–Crippen MR) is 106 cm³/mol. The number of hydroxylamine groups is 1. The number of nitrogens with one attached hydrogen (secondary N) is 2. The van der Waals surface area contributed by atoms with Crippen LogP contribution >= 0.6 is 0 Å². The number of aliphatic hydroxyl groups is 1. The molecule has 0 spiro atoms. The molecule has 0 heterocycles. The zero-order valence-electron chi connectivity index (χ0n) is 16.2. The summed E-state index contributed by atoms with van der Waals surface area (Å²) in [6.45, 7) is 0.662. The van der Waals surface area contributed by atoms with E-state index in [1.54, 1.807) is 12.1 Å². The first kappa shape index (κ1) is 23.4. The van der Waals surface area contributed by atoms with Gasteiger partial charge in [-0.25, -0.2) is 14.3 Å². The van der Waals surface area contributed by atoms with Gasteiger partial charge in [0.05, 0.1) is 0 Å². The summed E-state index contributed by atoms with van der Waals surface area (Å²) >= 11 is 0. The number of phenols is 1. The zero-order chi connectivity index (χ0) is 23.0. The maximum absolute atomic E-state index is 13.0. The minimum absolute atomic E-state index is 0.0153. The normalized spacial score (nSPS) is 13.0. The fourth-order valence-electron chi connectivity index (χ4n) is 2.34. The van der Waals surface area contributed by atoms with E-state index in [1.807, 2.05) is 5.32 Å². The minimum Gasteiger partial charge on any atom is -0.508 e. The van der Waals surface area contributed by atoms with E-state index in [4.69, 9.17) is 5.21 Å². The molecule has 0 aliphatic rings. The Morgan fingerprint density at radius 2 is 1.45 bits per heavy atom. The molecule has 5 N–H and O–H groups in total. The second kappa shape index (κ2) is 10.2. The van der Waals surface area contributed by atoms with E-state index in [0.717, 1.165) is 5.48 Å². The third-order valence-electron chi connectivity index (χ3n) is 4.16. The first-order valence-corrected chi connectivity index (χ1v) is 8.81. The van der Waals surface area contributed by atoms with Crippen molar-refractivity contribution in [3.05, 3.63) is 65.2 Å². The standard InChI is InChI=1S/C22H18F2N2O5/c1-22(30,21(23)24)18(20(29)26-31)25-19(28)16-10-6-14(7-11-16)4-2-3-5-15-8-12-17(27)13-9-15/h6-13,18,21,27,30-31H,1H3,(H,25,28)(H,26,29)/t18-,22?/m1/s1. The molecular weight excluding hydrogens is 410 g/mol. The van der Waals surface area contributed by atoms with Gasteiger partial charge in [-0.15, -0.1) is 0 Å². The van der Waals surface area contributed by atoms with E-state index in [1.165, 1.54) is 36.4 Å². The van der Waals surface area contributed by atoms with E-state index in [-0.39, 0.29) is 11.3 Å². The number of rotatable bonds is 5. The van der Waals surface area contributed by atoms with E-state index in [9.17, 15) is 28.6 Å². The molecule has 2 atom stereocenters. The Morgan fingerprint density at radius 1 is 0.968 bits per heavy atom. The van der Waals surface area contributed by atoms with Crippen LogP contribution in [0.1, 0.15) is 28.4 Å². The van der Waals surface area contributed by atoms with Gasteiger partial charge in [-0.05, 0) is 67.3 Å². The SMILES string of the molecule is CC(O)(C(F)F)[C@H](NC(=O)c1ccc(C#CC#Cc2ccc(O)cc2)cc1)C(=O)NO. The van der Waals surface area contributed by atoms with Gasteiger partial charge in [-0.2, -0.15) is 0 Å². The van der Waals surface area contributed by atoms with Gasteiger partial charge in [0.1, 0.15) is 11.8 Å². The highest BCUT2D eigenvalue weighted by Gasteiger charge is 2.46. The van der Waals surface area contributed by atoms with Gasteiger partial charge in [-0.3, -0.25) is 14.8 Å². The monoisotopic (exact) mass is 428 g/mol. The van der Waals surface area contributed by atoms with Crippen molar-refractivity contribution in [2.24, 2.45) is 0 Å². The van der Waals surface area contributed by atoms with Crippen molar-refractivity contribution < 1.29 is 33.8 Å². The molecule has 0 radical (unpaired) electrons. The first-order valence-electron chi connectivity index (χ1n) is 8.81. The maximum Gasteiger partial charge on any atom is 0.269 e. The van der Waals surface area contributed by atoms with Gasteiger partial charge in [-0.1, -0.05) is 11.8 Å². The fraction of sp³-hybridized carbons (Fsp3) is 0.182. The molecule has 0 saturated carbocycles. The molecule has 31 heavy (non-hydrogen) atoms. The van der Waals surface area contributed by atoms with Crippen LogP contribution < -0.4 is 10.8 Å². The predicted octanol–water partition coefficient (Wildman–Crippen LogP) is 1.42. The number of amides is 2. The van der Waals surface area contributed by atoms with Crippen LogP contribution in [0.5, 0.6) is 5.75 Å². The Bertz CT molecular complexity index is 1060. The van der Waals surface area contributed by atoms with Gasteiger partial charge < -0.3 is 15.5 Å². The number of carbonyl (C=O) groups excluding carboxylic acids is 2. The molecule has 2 aromatic rings. The van der Waals surface area contributed by atoms with E-state index in [0.29, 0.717) is 18.1 Å². The number of hydrogen-bond donors (Lipinski definition) is 5. The molecule has 0 aliphatic heterocycles. The van der Waals surface area contributed by atoms with Gasteiger partial charge >= 0.3 is 0 Å². The molecule has 7 nitrogen and oxygen atoms in total. The molecular formula is C22H18F2N2O5. The third kappa shape index (κ3) is 6.28. The summed E-state index contributed by atoms with van der Waals surface area (Å²) in [5.41, 5.74) is -0.571. The first-order chi connectivity index (χ1) is 14.6. The average molecular weight is 428 g/mol. The quantitative estimate of drug-likeness (QED) is 0.280. The Labute approximate surface area is 176 Å². The van der Waals surface area contributed by atoms with Crippen LogP contribution in [0.3, 0.4) is 0 Å². The van der Waals surface area contributed by atoms with E-state index < -0.39 is 29.9 Å². The van der Waals surface area contributed by atoms with Crippen LogP contribution in [0.15, 0.2) is 48.5 Å². The number of carbonyl (C=O) groups is 2. The van der Waals surface area contributed by atoms with Gasteiger partial charge in [0.2, 0.25) is 0 Å². The highest BCUT2D eigenvalue weighted by atomic mass is 19.3. The molecule has 2 aromatic carbocycles. The largest absolute Gasteiger partial charge is 0.508 e. The van der Waals surface area contributed by atoms with E-state index in [2.05, 4.69) is 23.7 Å². The number of benzene rings is 2. The summed E-state index contributed by atoms with van der Waals surface area (Å²) in [5, 5.41) is 29.7. The van der Waals surface area contributed by atoms with Crippen molar-refractivity contribution in [2.45, 2.75) is 25.0 Å². The molecule has 160 valence electrons. The van der Waals surface area contributed by atoms with Crippen LogP contribution in [-0.2, 0) is 4.79 Å². The summed E-state index contributed by atoms with van der Waals surface area (Å²) in [4.78, 5) is 23.9. The number of hydrogen-bond acceptors (Lipinski definition) is 5. The van der Waals surface area contributed by atoms with Crippen molar-refractivity contribution in [2.75, 3.05) is 0 Å². The minimum atomic E-state index is -3.37. The second-order valence-corrected chi connectivity index (χ2v) is 6.53.